The fourth-order valence-corrected chi connectivity index (χ4v) is 3.26. The number of hydrogen-bond acceptors (Lipinski definition) is 3. The van der Waals surface area contributed by atoms with E-state index < -0.39 is 0 Å². The number of thiophene rings is 1. The van der Waals surface area contributed by atoms with Crippen molar-refractivity contribution >= 4 is 17.2 Å². The quantitative estimate of drug-likeness (QED) is 0.821. The van der Waals surface area contributed by atoms with E-state index in [2.05, 4.69) is 49.5 Å². The summed E-state index contributed by atoms with van der Waals surface area (Å²) in [7, 11) is 0. The highest BCUT2D eigenvalue weighted by atomic mass is 32.1. The summed E-state index contributed by atoms with van der Waals surface area (Å²) in [5.41, 5.74) is 7.89. The van der Waals surface area contributed by atoms with Gasteiger partial charge in [-0.05, 0) is 41.8 Å². The molecule has 3 nitrogen and oxygen atoms in total. The van der Waals surface area contributed by atoms with E-state index in [-0.39, 0.29) is 18.0 Å². The van der Waals surface area contributed by atoms with Crippen LogP contribution in [0, 0.1) is 5.92 Å². The van der Waals surface area contributed by atoms with Crippen LogP contribution in [0.1, 0.15) is 42.8 Å². The van der Waals surface area contributed by atoms with Gasteiger partial charge >= 0.3 is 0 Å². The van der Waals surface area contributed by atoms with Crippen molar-refractivity contribution in [3.05, 3.63) is 57.8 Å². The molecule has 0 bridgehead atoms. The van der Waals surface area contributed by atoms with Crippen LogP contribution in [0.15, 0.2) is 41.8 Å². The first-order valence-electron chi connectivity index (χ1n) is 7.65. The Morgan fingerprint density at radius 3 is 2.36 bits per heavy atom. The second-order valence-corrected chi connectivity index (χ2v) is 7.06. The number of carbonyl (C=O) groups is 1. The molecule has 0 saturated carbocycles. The molecule has 2 aromatic rings. The minimum atomic E-state index is -0.373. The summed E-state index contributed by atoms with van der Waals surface area (Å²) in [6.07, 6.45) is 1.08. The van der Waals surface area contributed by atoms with Gasteiger partial charge in [-0.3, -0.25) is 10.1 Å². The molecule has 4 heteroatoms. The molecule has 0 spiro atoms. The van der Waals surface area contributed by atoms with E-state index in [0.717, 1.165) is 12.0 Å². The molecule has 1 aromatic heterocycles. The summed E-state index contributed by atoms with van der Waals surface area (Å²) in [5.74, 6) is 0.310. The maximum atomic E-state index is 11.4. The molecular formula is C18H24N2OS. The number of hydrogen-bond donors (Lipinski definition) is 2. The SMILES string of the molecule is CC(C)Cc1ccc([C@H](N[C@H](C)C(N)=O)c2cccs2)cc1. The van der Waals surface area contributed by atoms with Gasteiger partial charge in [-0.2, -0.15) is 0 Å². The highest BCUT2D eigenvalue weighted by molar-refractivity contribution is 7.10. The molecule has 2 rings (SSSR count). The molecule has 118 valence electrons. The normalized spacial score (nSPS) is 14.0. The lowest BCUT2D eigenvalue weighted by atomic mass is 9.98. The molecule has 0 radical (unpaired) electrons. The lowest BCUT2D eigenvalue weighted by Gasteiger charge is -2.21. The summed E-state index contributed by atoms with van der Waals surface area (Å²) in [6.45, 7) is 6.24. The third-order valence-electron chi connectivity index (χ3n) is 3.63. The highest BCUT2D eigenvalue weighted by Gasteiger charge is 2.20. The van der Waals surface area contributed by atoms with E-state index in [1.54, 1.807) is 18.3 Å². The average Bonchev–Trinajstić information content (AvgIpc) is 2.98. The van der Waals surface area contributed by atoms with Crippen LogP contribution >= 0.6 is 11.3 Å². The second-order valence-electron chi connectivity index (χ2n) is 6.08. The molecule has 1 amide bonds. The molecule has 0 aliphatic carbocycles. The van der Waals surface area contributed by atoms with Gasteiger partial charge in [0.2, 0.25) is 5.91 Å². The molecular weight excluding hydrogens is 292 g/mol. The fraction of sp³-hybridized carbons (Fsp3) is 0.389. The van der Waals surface area contributed by atoms with E-state index in [1.165, 1.54) is 10.4 Å². The summed E-state index contributed by atoms with van der Waals surface area (Å²) in [4.78, 5) is 12.6. The molecule has 0 aliphatic heterocycles. The fourth-order valence-electron chi connectivity index (χ4n) is 2.45. The van der Waals surface area contributed by atoms with Crippen LogP contribution in [0.2, 0.25) is 0 Å². The number of nitrogens with two attached hydrogens (primary N) is 1. The number of primary amides is 1. The lowest BCUT2D eigenvalue weighted by molar-refractivity contribution is -0.119. The zero-order valence-corrected chi connectivity index (χ0v) is 14.2. The van der Waals surface area contributed by atoms with Gasteiger partial charge in [0.15, 0.2) is 0 Å². The van der Waals surface area contributed by atoms with Gasteiger partial charge in [0.05, 0.1) is 12.1 Å². The molecule has 1 heterocycles. The first kappa shape index (κ1) is 16.7. The minimum Gasteiger partial charge on any atom is -0.368 e. The Morgan fingerprint density at radius 1 is 1.18 bits per heavy atom. The van der Waals surface area contributed by atoms with Crippen LogP contribution in [0.4, 0.5) is 0 Å². The summed E-state index contributed by atoms with van der Waals surface area (Å²) >= 11 is 1.68. The van der Waals surface area contributed by atoms with Crippen molar-refractivity contribution in [2.24, 2.45) is 11.7 Å². The number of carbonyl (C=O) groups excluding carboxylic acids is 1. The van der Waals surface area contributed by atoms with Crippen LogP contribution in [0.3, 0.4) is 0 Å². The smallest absolute Gasteiger partial charge is 0.234 e. The van der Waals surface area contributed by atoms with Gasteiger partial charge in [0.25, 0.3) is 0 Å². The van der Waals surface area contributed by atoms with Crippen molar-refractivity contribution in [1.29, 1.82) is 0 Å². The second kappa shape index (κ2) is 7.56. The van der Waals surface area contributed by atoms with Crippen LogP contribution < -0.4 is 11.1 Å². The van der Waals surface area contributed by atoms with Crippen molar-refractivity contribution in [2.45, 2.75) is 39.3 Å². The monoisotopic (exact) mass is 316 g/mol. The van der Waals surface area contributed by atoms with Crippen molar-refractivity contribution in [2.75, 3.05) is 0 Å². The van der Waals surface area contributed by atoms with Crippen molar-refractivity contribution in [1.82, 2.24) is 5.32 Å². The van der Waals surface area contributed by atoms with E-state index in [4.69, 9.17) is 5.73 Å². The molecule has 3 N–H and O–H groups in total. The molecule has 0 aliphatic rings. The Balaban J connectivity index is 2.23. The largest absolute Gasteiger partial charge is 0.368 e. The third kappa shape index (κ3) is 4.42. The van der Waals surface area contributed by atoms with Gasteiger partial charge in [-0.1, -0.05) is 44.2 Å². The summed E-state index contributed by atoms with van der Waals surface area (Å²) in [5, 5.41) is 5.38. The van der Waals surface area contributed by atoms with E-state index in [9.17, 15) is 4.79 Å². The standard InChI is InChI=1S/C18H24N2OS/c1-12(2)11-14-6-8-15(9-7-14)17(16-5-4-10-22-16)20-13(3)18(19)21/h4-10,12-13,17,20H,11H2,1-3H3,(H2,19,21)/t13-,17+/m1/s1. The zero-order valence-electron chi connectivity index (χ0n) is 13.4. The van der Waals surface area contributed by atoms with Crippen LogP contribution in [-0.2, 0) is 11.2 Å². The van der Waals surface area contributed by atoms with Gasteiger partial charge in [0, 0.05) is 4.88 Å². The van der Waals surface area contributed by atoms with Crippen LogP contribution in [0.25, 0.3) is 0 Å². The minimum absolute atomic E-state index is 0.00407. The molecule has 0 unspecified atom stereocenters. The van der Waals surface area contributed by atoms with Crippen molar-refractivity contribution in [3.8, 4) is 0 Å². The first-order valence-corrected chi connectivity index (χ1v) is 8.53. The Hall–Kier alpha value is -1.65. The van der Waals surface area contributed by atoms with Gasteiger partial charge in [-0.25, -0.2) is 0 Å². The molecule has 0 fully saturated rings. The van der Waals surface area contributed by atoms with Crippen molar-refractivity contribution in [3.63, 3.8) is 0 Å². The highest BCUT2D eigenvalue weighted by Crippen LogP contribution is 2.27. The van der Waals surface area contributed by atoms with E-state index in [1.807, 2.05) is 11.4 Å². The van der Waals surface area contributed by atoms with Crippen molar-refractivity contribution < 1.29 is 4.79 Å². The maximum Gasteiger partial charge on any atom is 0.234 e. The number of nitrogens with one attached hydrogen (secondary N) is 1. The maximum absolute atomic E-state index is 11.4. The van der Waals surface area contributed by atoms with E-state index >= 15 is 0 Å². The Morgan fingerprint density at radius 2 is 1.86 bits per heavy atom. The first-order chi connectivity index (χ1) is 10.5. The Kier molecular flexibility index (Phi) is 5.75. The molecule has 2 atom stereocenters. The lowest BCUT2D eigenvalue weighted by Crippen LogP contribution is -2.40. The van der Waals surface area contributed by atoms with Gasteiger partial charge in [-0.15, -0.1) is 11.3 Å². The molecule has 0 saturated heterocycles. The predicted octanol–water partition coefficient (Wildman–Crippen LogP) is 3.50. The number of rotatable bonds is 7. The number of amides is 1. The van der Waals surface area contributed by atoms with Gasteiger partial charge in [0.1, 0.15) is 0 Å². The molecule has 1 aromatic carbocycles. The van der Waals surface area contributed by atoms with E-state index in [0.29, 0.717) is 5.92 Å². The van der Waals surface area contributed by atoms with Gasteiger partial charge < -0.3 is 5.73 Å². The third-order valence-corrected chi connectivity index (χ3v) is 4.57. The average molecular weight is 316 g/mol. The number of benzene rings is 1. The topological polar surface area (TPSA) is 55.1 Å². The van der Waals surface area contributed by atoms with Crippen LogP contribution in [0.5, 0.6) is 0 Å². The summed E-state index contributed by atoms with van der Waals surface area (Å²) < 4.78 is 0. The zero-order chi connectivity index (χ0) is 16.1. The van der Waals surface area contributed by atoms with Crippen LogP contribution in [-0.4, -0.2) is 11.9 Å². The summed E-state index contributed by atoms with van der Waals surface area (Å²) in [6, 6.07) is 12.4. The predicted molar refractivity (Wildman–Crippen MR) is 92.9 cm³/mol. The Labute approximate surface area is 136 Å². The molecule has 22 heavy (non-hydrogen) atoms. The Bertz CT molecular complexity index is 590.